The molecule has 0 bridgehead atoms. The van der Waals surface area contributed by atoms with Gasteiger partial charge in [0.05, 0.1) is 38.0 Å². The van der Waals surface area contributed by atoms with Crippen LogP contribution in [0.5, 0.6) is 11.5 Å². The number of carbonyl (C=O) groups excluding carboxylic acids is 3. The fourth-order valence-corrected chi connectivity index (χ4v) is 4.18. The van der Waals surface area contributed by atoms with E-state index in [1.165, 1.54) is 13.3 Å². The zero-order valence-electron chi connectivity index (χ0n) is 21.0. The van der Waals surface area contributed by atoms with Gasteiger partial charge in [0.15, 0.2) is 0 Å². The van der Waals surface area contributed by atoms with E-state index in [4.69, 9.17) is 14.2 Å². The largest absolute Gasteiger partial charge is 0.497 e. The van der Waals surface area contributed by atoms with E-state index in [1.807, 2.05) is 0 Å². The van der Waals surface area contributed by atoms with Crippen molar-refractivity contribution in [2.24, 2.45) is 0 Å². The number of hydrogen-bond acceptors (Lipinski definition) is 8. The zero-order valence-corrected chi connectivity index (χ0v) is 21.0. The molecule has 2 aliphatic rings. The lowest BCUT2D eigenvalue weighted by Crippen LogP contribution is -2.47. The van der Waals surface area contributed by atoms with Crippen LogP contribution in [-0.4, -0.2) is 81.9 Å². The average Bonchev–Trinajstić information content (AvgIpc) is 2.94. The molecule has 0 saturated carbocycles. The molecule has 2 aromatic rings. The number of nitrogens with one attached hydrogen (secondary N) is 3. The highest BCUT2D eigenvalue weighted by Gasteiger charge is 2.22. The molecule has 2 aliphatic heterocycles. The van der Waals surface area contributed by atoms with Crippen LogP contribution < -0.4 is 30.3 Å². The number of ether oxygens (including phenoxy) is 3. The number of benzene rings is 1. The normalized spacial score (nSPS) is 19.4. The molecule has 198 valence electrons. The Morgan fingerprint density at radius 1 is 1.08 bits per heavy atom. The van der Waals surface area contributed by atoms with Crippen LogP contribution in [0.3, 0.4) is 0 Å². The Hall–Kier alpha value is -3.86. The molecule has 4 rings (SSSR count). The van der Waals surface area contributed by atoms with Crippen LogP contribution in [0.2, 0.25) is 0 Å². The molecular formula is C26H33N5O6. The fourth-order valence-electron chi connectivity index (χ4n) is 4.18. The van der Waals surface area contributed by atoms with Crippen LogP contribution in [0.25, 0.3) is 0 Å². The number of methoxy groups -OCH3 is 1. The van der Waals surface area contributed by atoms with Crippen molar-refractivity contribution < 1.29 is 28.6 Å². The van der Waals surface area contributed by atoms with Gasteiger partial charge in [-0.2, -0.15) is 0 Å². The molecule has 1 saturated heterocycles. The average molecular weight is 512 g/mol. The van der Waals surface area contributed by atoms with Crippen LogP contribution >= 0.6 is 0 Å². The van der Waals surface area contributed by atoms with Crippen LogP contribution in [0.4, 0.5) is 5.82 Å². The van der Waals surface area contributed by atoms with Crippen molar-refractivity contribution in [1.29, 1.82) is 0 Å². The molecule has 1 aromatic carbocycles. The molecule has 1 aromatic heterocycles. The van der Waals surface area contributed by atoms with Crippen molar-refractivity contribution in [3.8, 4) is 11.5 Å². The lowest BCUT2D eigenvalue weighted by atomic mass is 10.1. The van der Waals surface area contributed by atoms with E-state index in [-0.39, 0.29) is 30.9 Å². The Bertz CT molecular complexity index is 1090. The molecule has 3 amide bonds. The van der Waals surface area contributed by atoms with E-state index in [1.54, 1.807) is 30.3 Å². The number of carbonyl (C=O) groups is 3. The topological polar surface area (TPSA) is 131 Å². The third-order valence-electron chi connectivity index (χ3n) is 6.26. The molecule has 3 heterocycles. The van der Waals surface area contributed by atoms with E-state index >= 15 is 0 Å². The van der Waals surface area contributed by atoms with Gasteiger partial charge in [0, 0.05) is 31.9 Å². The first-order valence-electron chi connectivity index (χ1n) is 12.5. The summed E-state index contributed by atoms with van der Waals surface area (Å²) < 4.78 is 16.4. The summed E-state index contributed by atoms with van der Waals surface area (Å²) in [6.07, 6.45) is 3.24. The summed E-state index contributed by atoms with van der Waals surface area (Å²) in [5.74, 6) is 0.830. The standard InChI is InChI=1S/C26H33N5O6/c1-35-19-6-7-20-22(16-19)37-13-10-28-26(34)21(4-2-3-9-27-25(20)33)30-24(32)18-5-8-23(29-17-18)31-11-14-36-15-12-31/h5-8,16-17,21H,2-4,9-15H2,1H3,(H,27,33)(H,28,34)(H,30,32)/t21-/m0/s1. The maximum absolute atomic E-state index is 12.9. The number of morpholine rings is 1. The van der Waals surface area contributed by atoms with E-state index < -0.39 is 6.04 Å². The summed E-state index contributed by atoms with van der Waals surface area (Å²) in [5.41, 5.74) is 0.785. The van der Waals surface area contributed by atoms with E-state index in [0.29, 0.717) is 61.6 Å². The first-order chi connectivity index (χ1) is 18.0. The second kappa shape index (κ2) is 12.9. The minimum atomic E-state index is -0.725. The zero-order chi connectivity index (χ0) is 26.0. The first kappa shape index (κ1) is 26.2. The minimum absolute atomic E-state index is 0.146. The first-order valence-corrected chi connectivity index (χ1v) is 12.5. The van der Waals surface area contributed by atoms with Gasteiger partial charge in [-0.3, -0.25) is 14.4 Å². The summed E-state index contributed by atoms with van der Waals surface area (Å²) >= 11 is 0. The Kier molecular flexibility index (Phi) is 9.14. The van der Waals surface area contributed by atoms with Crippen LogP contribution in [0.1, 0.15) is 40.0 Å². The lowest BCUT2D eigenvalue weighted by molar-refractivity contribution is -0.123. The number of aromatic nitrogens is 1. The summed E-state index contributed by atoms with van der Waals surface area (Å²) in [7, 11) is 1.54. The Morgan fingerprint density at radius 2 is 1.92 bits per heavy atom. The number of anilines is 1. The Labute approximate surface area is 215 Å². The van der Waals surface area contributed by atoms with Crippen molar-refractivity contribution in [2.75, 3.05) is 58.0 Å². The quantitative estimate of drug-likeness (QED) is 0.557. The maximum Gasteiger partial charge on any atom is 0.255 e. The number of amides is 3. The van der Waals surface area contributed by atoms with Gasteiger partial charge in [0.25, 0.3) is 11.8 Å². The predicted octanol–water partition coefficient (Wildman–Crippen LogP) is 1.13. The van der Waals surface area contributed by atoms with Gasteiger partial charge in [-0.25, -0.2) is 4.98 Å². The monoisotopic (exact) mass is 511 g/mol. The van der Waals surface area contributed by atoms with Gasteiger partial charge in [-0.1, -0.05) is 0 Å². The van der Waals surface area contributed by atoms with Gasteiger partial charge in [0.1, 0.15) is 30.0 Å². The summed E-state index contributed by atoms with van der Waals surface area (Å²) in [6, 6.07) is 7.79. The third-order valence-corrected chi connectivity index (χ3v) is 6.26. The lowest BCUT2D eigenvalue weighted by Gasteiger charge is -2.27. The van der Waals surface area contributed by atoms with Crippen LogP contribution in [0.15, 0.2) is 36.5 Å². The minimum Gasteiger partial charge on any atom is -0.497 e. The SMILES string of the molecule is COc1ccc2c(c1)OCCNC(=O)[C@@H](NC(=O)c1ccc(N3CCOCC3)nc1)CCCCNC2=O. The highest BCUT2D eigenvalue weighted by atomic mass is 16.5. The van der Waals surface area contributed by atoms with Gasteiger partial charge < -0.3 is 35.1 Å². The second-order valence-corrected chi connectivity index (χ2v) is 8.78. The summed E-state index contributed by atoms with van der Waals surface area (Å²) in [5, 5.41) is 8.54. The second-order valence-electron chi connectivity index (χ2n) is 8.78. The van der Waals surface area contributed by atoms with Crippen molar-refractivity contribution in [1.82, 2.24) is 20.9 Å². The molecule has 3 N–H and O–H groups in total. The van der Waals surface area contributed by atoms with Crippen LogP contribution in [0, 0.1) is 0 Å². The number of fused-ring (bicyclic) bond motifs is 1. The van der Waals surface area contributed by atoms with E-state index in [0.717, 1.165) is 18.9 Å². The molecule has 37 heavy (non-hydrogen) atoms. The predicted molar refractivity (Wildman–Crippen MR) is 136 cm³/mol. The molecule has 1 atom stereocenters. The molecule has 0 aliphatic carbocycles. The van der Waals surface area contributed by atoms with Gasteiger partial charge >= 0.3 is 0 Å². The Morgan fingerprint density at radius 3 is 2.68 bits per heavy atom. The maximum atomic E-state index is 12.9. The molecular weight excluding hydrogens is 478 g/mol. The van der Waals surface area contributed by atoms with Crippen LogP contribution in [-0.2, 0) is 9.53 Å². The molecule has 11 heteroatoms. The third kappa shape index (κ3) is 7.10. The summed E-state index contributed by atoms with van der Waals surface area (Å²) in [4.78, 5) is 45.0. The van der Waals surface area contributed by atoms with E-state index in [9.17, 15) is 14.4 Å². The molecule has 0 unspecified atom stereocenters. The van der Waals surface area contributed by atoms with Crippen molar-refractivity contribution in [3.05, 3.63) is 47.7 Å². The Balaban J connectivity index is 1.38. The fraction of sp³-hybridized carbons (Fsp3) is 0.462. The number of nitrogens with zero attached hydrogens (tertiary/aromatic N) is 2. The number of pyridine rings is 1. The number of hydrogen-bond donors (Lipinski definition) is 3. The summed E-state index contributed by atoms with van der Waals surface area (Å²) in [6.45, 7) is 3.59. The van der Waals surface area contributed by atoms with Gasteiger partial charge in [0.2, 0.25) is 5.91 Å². The van der Waals surface area contributed by atoms with Crippen molar-refractivity contribution >= 4 is 23.5 Å². The van der Waals surface area contributed by atoms with Gasteiger partial charge in [-0.05, 0) is 43.5 Å². The molecule has 1 fully saturated rings. The van der Waals surface area contributed by atoms with Crippen molar-refractivity contribution in [3.63, 3.8) is 0 Å². The highest BCUT2D eigenvalue weighted by Crippen LogP contribution is 2.25. The smallest absolute Gasteiger partial charge is 0.255 e. The van der Waals surface area contributed by atoms with Gasteiger partial charge in [-0.15, -0.1) is 0 Å². The molecule has 0 spiro atoms. The molecule has 11 nitrogen and oxygen atoms in total. The molecule has 0 radical (unpaired) electrons. The number of rotatable bonds is 4. The van der Waals surface area contributed by atoms with E-state index in [2.05, 4.69) is 25.8 Å². The van der Waals surface area contributed by atoms with Crippen molar-refractivity contribution in [2.45, 2.75) is 25.3 Å². The highest BCUT2D eigenvalue weighted by molar-refractivity contribution is 5.98.